The van der Waals surface area contributed by atoms with E-state index in [0.29, 0.717) is 17.5 Å². The number of hydrogen-bond donors (Lipinski definition) is 0. The molecule has 1 aliphatic carbocycles. The summed E-state index contributed by atoms with van der Waals surface area (Å²) >= 11 is 0. The minimum Gasteiger partial charge on any atom is -0.618 e. The minimum atomic E-state index is 0.426. The van der Waals surface area contributed by atoms with Gasteiger partial charge in [0.15, 0.2) is 6.20 Å². The molecule has 23 heavy (non-hydrogen) atoms. The average Bonchev–Trinajstić information content (AvgIpc) is 2.98. The van der Waals surface area contributed by atoms with Crippen LogP contribution in [0.3, 0.4) is 0 Å². The molecule has 2 heterocycles. The minimum absolute atomic E-state index is 0.426. The highest BCUT2D eigenvalue weighted by Crippen LogP contribution is 2.34. The van der Waals surface area contributed by atoms with Gasteiger partial charge in [0.05, 0.1) is 5.69 Å². The van der Waals surface area contributed by atoms with Gasteiger partial charge in [0.25, 0.3) is 11.6 Å². The molecule has 0 saturated heterocycles. The van der Waals surface area contributed by atoms with E-state index in [9.17, 15) is 5.21 Å². The lowest BCUT2D eigenvalue weighted by atomic mass is 9.84. The fraction of sp³-hybridized carbons (Fsp3) is 0.263. The van der Waals surface area contributed by atoms with Crippen LogP contribution in [0.2, 0.25) is 0 Å². The number of fused-ring (bicyclic) bond motifs is 1. The second-order valence-corrected chi connectivity index (χ2v) is 6.15. The fourth-order valence-electron chi connectivity index (χ4n) is 3.29. The number of pyridine rings is 1. The Bertz CT molecular complexity index is 854. The molecule has 3 aromatic rings. The molecule has 0 bridgehead atoms. The predicted molar refractivity (Wildman–Crippen MR) is 86.8 cm³/mol. The SMILES string of the molecule is Cc1cccc(C2CCc3nc(-c4cccc[n+]4[O-])oc3C2)c1. The van der Waals surface area contributed by atoms with E-state index in [1.165, 1.54) is 17.3 Å². The number of rotatable bonds is 2. The summed E-state index contributed by atoms with van der Waals surface area (Å²) in [7, 11) is 0. The number of hydrogen-bond acceptors (Lipinski definition) is 3. The van der Waals surface area contributed by atoms with Crippen molar-refractivity contribution in [1.82, 2.24) is 4.98 Å². The summed E-state index contributed by atoms with van der Waals surface area (Å²) in [6.45, 7) is 2.12. The average molecular weight is 306 g/mol. The van der Waals surface area contributed by atoms with Gasteiger partial charge in [0.1, 0.15) is 5.76 Å². The van der Waals surface area contributed by atoms with Crippen LogP contribution in [0, 0.1) is 12.1 Å². The molecule has 1 aromatic carbocycles. The van der Waals surface area contributed by atoms with Gasteiger partial charge in [-0.05, 0) is 37.3 Å². The van der Waals surface area contributed by atoms with Gasteiger partial charge in [-0.15, -0.1) is 0 Å². The molecule has 1 unspecified atom stereocenters. The molecular weight excluding hydrogens is 288 g/mol. The van der Waals surface area contributed by atoms with E-state index in [-0.39, 0.29) is 0 Å². The van der Waals surface area contributed by atoms with Gasteiger partial charge in [-0.1, -0.05) is 29.8 Å². The molecule has 4 nitrogen and oxygen atoms in total. The van der Waals surface area contributed by atoms with Gasteiger partial charge in [0, 0.05) is 18.6 Å². The van der Waals surface area contributed by atoms with Crippen LogP contribution in [0.4, 0.5) is 0 Å². The molecule has 0 aliphatic heterocycles. The van der Waals surface area contributed by atoms with E-state index in [4.69, 9.17) is 4.42 Å². The normalized spacial score (nSPS) is 17.0. The van der Waals surface area contributed by atoms with Crippen LogP contribution in [0.15, 0.2) is 53.1 Å². The number of oxazole rings is 1. The third-order valence-electron chi connectivity index (χ3n) is 4.50. The third kappa shape index (κ3) is 2.61. The van der Waals surface area contributed by atoms with Crippen LogP contribution in [-0.2, 0) is 12.8 Å². The summed E-state index contributed by atoms with van der Waals surface area (Å²) in [5, 5.41) is 11.9. The van der Waals surface area contributed by atoms with Gasteiger partial charge in [-0.25, -0.2) is 4.98 Å². The van der Waals surface area contributed by atoms with Crippen molar-refractivity contribution in [3.63, 3.8) is 0 Å². The van der Waals surface area contributed by atoms with Crippen LogP contribution in [0.25, 0.3) is 11.6 Å². The van der Waals surface area contributed by atoms with Crippen molar-refractivity contribution >= 4 is 0 Å². The zero-order valence-corrected chi connectivity index (χ0v) is 13.0. The first-order chi connectivity index (χ1) is 11.2. The number of benzene rings is 1. The van der Waals surface area contributed by atoms with E-state index in [2.05, 4.69) is 36.2 Å². The summed E-state index contributed by atoms with van der Waals surface area (Å²) in [5.41, 5.74) is 4.09. The Morgan fingerprint density at radius 3 is 2.96 bits per heavy atom. The van der Waals surface area contributed by atoms with Crippen LogP contribution in [0.1, 0.15) is 34.9 Å². The molecule has 0 N–H and O–H groups in total. The topological polar surface area (TPSA) is 53.0 Å². The van der Waals surface area contributed by atoms with Crippen molar-refractivity contribution in [2.75, 3.05) is 0 Å². The molecule has 1 aliphatic rings. The summed E-state index contributed by atoms with van der Waals surface area (Å²) in [4.78, 5) is 4.54. The molecule has 0 radical (unpaired) electrons. The first-order valence-electron chi connectivity index (χ1n) is 7.94. The van der Waals surface area contributed by atoms with Crippen LogP contribution in [-0.4, -0.2) is 4.98 Å². The maximum Gasteiger partial charge on any atom is 0.294 e. The largest absolute Gasteiger partial charge is 0.618 e. The number of aryl methyl sites for hydroxylation is 2. The van der Waals surface area contributed by atoms with E-state index >= 15 is 0 Å². The molecule has 0 spiro atoms. The maximum atomic E-state index is 11.9. The maximum absolute atomic E-state index is 11.9. The molecule has 0 amide bonds. The van der Waals surface area contributed by atoms with E-state index in [1.807, 2.05) is 6.07 Å². The highest BCUT2D eigenvalue weighted by molar-refractivity contribution is 5.44. The highest BCUT2D eigenvalue weighted by Gasteiger charge is 2.27. The molecular formula is C19H18N2O2. The van der Waals surface area contributed by atoms with Crippen molar-refractivity contribution < 1.29 is 9.15 Å². The van der Waals surface area contributed by atoms with Crippen LogP contribution in [0.5, 0.6) is 0 Å². The van der Waals surface area contributed by atoms with E-state index < -0.39 is 0 Å². The van der Waals surface area contributed by atoms with Gasteiger partial charge >= 0.3 is 0 Å². The van der Waals surface area contributed by atoms with Crippen molar-refractivity contribution in [2.24, 2.45) is 0 Å². The lowest BCUT2D eigenvalue weighted by Crippen LogP contribution is -2.27. The van der Waals surface area contributed by atoms with E-state index in [1.54, 1.807) is 12.1 Å². The fourth-order valence-corrected chi connectivity index (χ4v) is 3.29. The van der Waals surface area contributed by atoms with Crippen LogP contribution >= 0.6 is 0 Å². The predicted octanol–water partition coefficient (Wildman–Crippen LogP) is 3.56. The summed E-state index contributed by atoms with van der Waals surface area (Å²) in [5.74, 6) is 1.80. The highest BCUT2D eigenvalue weighted by atomic mass is 16.5. The van der Waals surface area contributed by atoms with E-state index in [0.717, 1.165) is 35.4 Å². The van der Waals surface area contributed by atoms with Crippen molar-refractivity contribution in [3.05, 3.63) is 76.4 Å². The zero-order valence-electron chi connectivity index (χ0n) is 13.0. The molecule has 2 aromatic heterocycles. The number of aromatic nitrogens is 2. The molecule has 0 saturated carbocycles. The molecule has 4 rings (SSSR count). The Hall–Kier alpha value is -2.62. The first kappa shape index (κ1) is 14.0. The lowest BCUT2D eigenvalue weighted by Gasteiger charge is -2.20. The van der Waals surface area contributed by atoms with Crippen molar-refractivity contribution in [2.45, 2.75) is 32.1 Å². The first-order valence-corrected chi connectivity index (χ1v) is 7.94. The number of nitrogens with zero attached hydrogens (tertiary/aromatic N) is 2. The Morgan fingerprint density at radius 1 is 1.22 bits per heavy atom. The summed E-state index contributed by atoms with van der Waals surface area (Å²) < 4.78 is 6.72. The summed E-state index contributed by atoms with van der Waals surface area (Å²) in [6, 6.07) is 13.9. The Balaban J connectivity index is 1.65. The zero-order chi connectivity index (χ0) is 15.8. The van der Waals surface area contributed by atoms with Gasteiger partial charge in [-0.2, -0.15) is 4.73 Å². The second kappa shape index (κ2) is 5.54. The molecule has 4 heteroatoms. The Morgan fingerprint density at radius 2 is 2.13 bits per heavy atom. The quantitative estimate of drug-likeness (QED) is 0.537. The second-order valence-electron chi connectivity index (χ2n) is 6.15. The summed E-state index contributed by atoms with van der Waals surface area (Å²) in [6.07, 6.45) is 4.27. The smallest absolute Gasteiger partial charge is 0.294 e. The van der Waals surface area contributed by atoms with Gasteiger partial charge in [-0.3, -0.25) is 0 Å². The molecule has 116 valence electrons. The molecule has 0 fully saturated rings. The van der Waals surface area contributed by atoms with Crippen molar-refractivity contribution in [3.8, 4) is 11.6 Å². The third-order valence-corrected chi connectivity index (χ3v) is 4.50. The standard InChI is InChI=1S/C19H18N2O2/c1-13-5-4-6-14(11-13)15-8-9-16-18(12-15)23-19(20-16)17-7-2-3-10-21(17)22/h2-7,10-11,15H,8-9,12H2,1H3. The lowest BCUT2D eigenvalue weighted by molar-refractivity contribution is -0.594. The van der Waals surface area contributed by atoms with Gasteiger partial charge < -0.3 is 9.62 Å². The van der Waals surface area contributed by atoms with Crippen LogP contribution < -0.4 is 4.73 Å². The Labute approximate surface area is 135 Å². The van der Waals surface area contributed by atoms with Gasteiger partial charge in [0.2, 0.25) is 0 Å². The Kier molecular flexibility index (Phi) is 3.37. The monoisotopic (exact) mass is 306 g/mol. The molecule has 1 atom stereocenters. The van der Waals surface area contributed by atoms with Crippen molar-refractivity contribution in [1.29, 1.82) is 0 Å².